The van der Waals surface area contributed by atoms with Gasteiger partial charge in [0.25, 0.3) is 5.91 Å². The standard InChI is InChI=1S/C23H22N6O3/c1-31-10-9-29-13-16(12-25-29)22(30)28-23-26-20-17(4-6-19(32-2)21(20)27-23)14-3-5-18-15(11-14)7-8-24-18/h3-8,11-13,24H,9-10H2,1-2H3,(H2,26,27,28,30). The third-order valence-corrected chi connectivity index (χ3v) is 5.34. The molecule has 0 aliphatic rings. The van der Waals surface area contributed by atoms with Crippen LogP contribution in [0.5, 0.6) is 5.75 Å². The summed E-state index contributed by atoms with van der Waals surface area (Å²) in [6.07, 6.45) is 5.11. The number of carbonyl (C=O) groups excluding carboxylic acids is 1. The molecule has 5 rings (SSSR count). The Kier molecular flexibility index (Phi) is 5.08. The van der Waals surface area contributed by atoms with E-state index in [9.17, 15) is 4.79 Å². The van der Waals surface area contributed by atoms with Gasteiger partial charge >= 0.3 is 0 Å². The number of benzene rings is 2. The van der Waals surface area contributed by atoms with Crippen LogP contribution in [-0.4, -0.2) is 51.5 Å². The molecule has 3 aromatic heterocycles. The first-order valence-electron chi connectivity index (χ1n) is 10.1. The van der Waals surface area contributed by atoms with Crippen LogP contribution in [0.3, 0.4) is 0 Å². The van der Waals surface area contributed by atoms with Crippen LogP contribution in [0.1, 0.15) is 10.4 Å². The second-order valence-electron chi connectivity index (χ2n) is 7.34. The van der Waals surface area contributed by atoms with Crippen LogP contribution in [0.4, 0.5) is 5.95 Å². The molecule has 9 heteroatoms. The van der Waals surface area contributed by atoms with Gasteiger partial charge in [-0.1, -0.05) is 6.07 Å². The second kappa shape index (κ2) is 8.20. The van der Waals surface area contributed by atoms with Crippen molar-refractivity contribution in [3.63, 3.8) is 0 Å². The summed E-state index contributed by atoms with van der Waals surface area (Å²) in [5, 5.41) is 8.12. The van der Waals surface area contributed by atoms with E-state index in [2.05, 4.69) is 31.4 Å². The lowest BCUT2D eigenvalue weighted by Crippen LogP contribution is -2.12. The number of hydrogen-bond donors (Lipinski definition) is 3. The number of H-pyrrole nitrogens is 2. The molecule has 1 amide bonds. The summed E-state index contributed by atoms with van der Waals surface area (Å²) in [7, 11) is 3.23. The van der Waals surface area contributed by atoms with E-state index in [4.69, 9.17) is 9.47 Å². The van der Waals surface area contributed by atoms with Gasteiger partial charge in [-0.2, -0.15) is 5.10 Å². The zero-order valence-corrected chi connectivity index (χ0v) is 17.7. The number of aromatic nitrogens is 5. The number of methoxy groups -OCH3 is 2. The Morgan fingerprint density at radius 2 is 2.09 bits per heavy atom. The SMILES string of the molecule is COCCn1cc(C(=O)Nc2nc3c(-c4ccc5[nH]ccc5c4)ccc(OC)c3[nH]2)cn1. The number of fused-ring (bicyclic) bond motifs is 2. The van der Waals surface area contributed by atoms with Crippen molar-refractivity contribution in [2.75, 3.05) is 26.1 Å². The molecule has 0 radical (unpaired) electrons. The topological polar surface area (TPSA) is 110 Å². The number of aromatic amines is 2. The summed E-state index contributed by atoms with van der Waals surface area (Å²) < 4.78 is 12.2. The van der Waals surface area contributed by atoms with Gasteiger partial charge in [0.2, 0.25) is 5.95 Å². The summed E-state index contributed by atoms with van der Waals surface area (Å²) in [6, 6.07) is 12.1. The molecule has 0 atom stereocenters. The van der Waals surface area contributed by atoms with Crippen LogP contribution in [0.15, 0.2) is 55.0 Å². The lowest BCUT2D eigenvalue weighted by molar-refractivity contribution is 0.102. The van der Waals surface area contributed by atoms with Crippen molar-refractivity contribution in [3.8, 4) is 16.9 Å². The highest BCUT2D eigenvalue weighted by atomic mass is 16.5. The number of rotatable bonds is 7. The van der Waals surface area contributed by atoms with Crippen LogP contribution in [0.2, 0.25) is 0 Å². The Labute approximate surface area is 183 Å². The largest absolute Gasteiger partial charge is 0.494 e. The number of nitrogens with one attached hydrogen (secondary N) is 3. The Balaban J connectivity index is 1.49. The van der Waals surface area contributed by atoms with Gasteiger partial charge in [0.1, 0.15) is 16.8 Å². The van der Waals surface area contributed by atoms with Crippen molar-refractivity contribution in [1.82, 2.24) is 24.7 Å². The average molecular weight is 430 g/mol. The van der Waals surface area contributed by atoms with E-state index < -0.39 is 0 Å². The normalized spacial score (nSPS) is 11.3. The minimum atomic E-state index is -0.304. The fourth-order valence-corrected chi connectivity index (χ4v) is 3.72. The van der Waals surface area contributed by atoms with E-state index in [0.717, 1.165) is 22.0 Å². The van der Waals surface area contributed by atoms with Crippen LogP contribution < -0.4 is 10.1 Å². The molecule has 9 nitrogen and oxygen atoms in total. The van der Waals surface area contributed by atoms with Crippen molar-refractivity contribution in [3.05, 3.63) is 60.6 Å². The lowest BCUT2D eigenvalue weighted by Gasteiger charge is -2.06. The minimum absolute atomic E-state index is 0.304. The highest BCUT2D eigenvalue weighted by molar-refractivity contribution is 6.05. The summed E-state index contributed by atoms with van der Waals surface area (Å²) in [4.78, 5) is 23.8. The number of anilines is 1. The highest BCUT2D eigenvalue weighted by Crippen LogP contribution is 2.35. The van der Waals surface area contributed by atoms with E-state index >= 15 is 0 Å². The van der Waals surface area contributed by atoms with Crippen LogP contribution in [0, 0.1) is 0 Å². The molecule has 0 unspecified atom stereocenters. The molecule has 5 aromatic rings. The number of imidazole rings is 1. The molecule has 0 saturated heterocycles. The van der Waals surface area contributed by atoms with Crippen molar-refractivity contribution in [2.45, 2.75) is 6.54 Å². The summed E-state index contributed by atoms with van der Waals surface area (Å²) in [5.41, 5.74) is 4.89. The van der Waals surface area contributed by atoms with Gasteiger partial charge in [-0.3, -0.25) is 14.8 Å². The van der Waals surface area contributed by atoms with Crippen LogP contribution >= 0.6 is 0 Å². The maximum atomic E-state index is 12.7. The smallest absolute Gasteiger partial charge is 0.261 e. The van der Waals surface area contributed by atoms with E-state index in [0.29, 0.717) is 41.4 Å². The molecule has 162 valence electrons. The lowest BCUT2D eigenvalue weighted by atomic mass is 10.0. The quantitative estimate of drug-likeness (QED) is 0.364. The summed E-state index contributed by atoms with van der Waals surface area (Å²) in [5.74, 6) is 0.678. The van der Waals surface area contributed by atoms with Gasteiger partial charge in [-0.25, -0.2) is 4.98 Å². The molecule has 0 spiro atoms. The van der Waals surface area contributed by atoms with Gasteiger partial charge in [-0.05, 0) is 41.3 Å². The molecular weight excluding hydrogens is 408 g/mol. The molecule has 0 bridgehead atoms. The van der Waals surface area contributed by atoms with Gasteiger partial charge in [0, 0.05) is 30.6 Å². The fraction of sp³-hybridized carbons (Fsp3) is 0.174. The Morgan fingerprint density at radius 1 is 1.19 bits per heavy atom. The maximum absolute atomic E-state index is 12.7. The van der Waals surface area contributed by atoms with Gasteiger partial charge in [0.15, 0.2) is 0 Å². The Morgan fingerprint density at radius 3 is 2.94 bits per heavy atom. The van der Waals surface area contributed by atoms with Crippen molar-refractivity contribution in [2.24, 2.45) is 0 Å². The van der Waals surface area contributed by atoms with Crippen LogP contribution in [0.25, 0.3) is 33.1 Å². The molecular formula is C23H22N6O3. The summed E-state index contributed by atoms with van der Waals surface area (Å²) >= 11 is 0. The second-order valence-corrected chi connectivity index (χ2v) is 7.34. The fourth-order valence-electron chi connectivity index (χ4n) is 3.72. The van der Waals surface area contributed by atoms with E-state index in [1.807, 2.05) is 36.5 Å². The highest BCUT2D eigenvalue weighted by Gasteiger charge is 2.17. The van der Waals surface area contributed by atoms with E-state index in [1.165, 1.54) is 6.20 Å². The van der Waals surface area contributed by atoms with Gasteiger partial charge < -0.3 is 19.4 Å². The third kappa shape index (κ3) is 3.58. The zero-order valence-electron chi connectivity index (χ0n) is 17.7. The Bertz CT molecular complexity index is 1410. The van der Waals surface area contributed by atoms with E-state index in [1.54, 1.807) is 25.1 Å². The van der Waals surface area contributed by atoms with Crippen molar-refractivity contribution < 1.29 is 14.3 Å². The Hall–Kier alpha value is -4.11. The summed E-state index contributed by atoms with van der Waals surface area (Å²) in [6.45, 7) is 1.09. The van der Waals surface area contributed by atoms with Crippen LogP contribution in [-0.2, 0) is 11.3 Å². The number of hydrogen-bond acceptors (Lipinski definition) is 5. The minimum Gasteiger partial charge on any atom is -0.494 e. The van der Waals surface area contributed by atoms with Gasteiger partial charge in [-0.15, -0.1) is 0 Å². The molecule has 0 fully saturated rings. The predicted molar refractivity (Wildman–Crippen MR) is 122 cm³/mol. The molecule has 32 heavy (non-hydrogen) atoms. The van der Waals surface area contributed by atoms with E-state index in [-0.39, 0.29) is 5.91 Å². The maximum Gasteiger partial charge on any atom is 0.261 e. The van der Waals surface area contributed by atoms with Crippen molar-refractivity contribution in [1.29, 1.82) is 0 Å². The monoisotopic (exact) mass is 430 g/mol. The molecule has 0 saturated carbocycles. The first-order valence-corrected chi connectivity index (χ1v) is 10.1. The number of nitrogens with zero attached hydrogens (tertiary/aromatic N) is 3. The predicted octanol–water partition coefficient (Wildman–Crippen LogP) is 3.82. The number of ether oxygens (including phenoxy) is 2. The first kappa shape index (κ1) is 19.8. The zero-order chi connectivity index (χ0) is 22.1. The number of carbonyl (C=O) groups is 1. The molecule has 0 aliphatic carbocycles. The first-order chi connectivity index (χ1) is 15.7. The third-order valence-electron chi connectivity index (χ3n) is 5.34. The molecule has 3 heterocycles. The molecule has 0 aliphatic heterocycles. The number of amides is 1. The van der Waals surface area contributed by atoms with Crippen molar-refractivity contribution >= 4 is 33.8 Å². The molecule has 3 N–H and O–H groups in total. The molecule has 2 aromatic carbocycles. The average Bonchev–Trinajstić information content (AvgIpc) is 3.55. The van der Waals surface area contributed by atoms with Gasteiger partial charge in [0.05, 0.1) is 32.0 Å².